The van der Waals surface area contributed by atoms with E-state index in [9.17, 15) is 14.4 Å². The number of carbonyl (C=O) groups excluding carboxylic acids is 3. The van der Waals surface area contributed by atoms with Crippen LogP contribution >= 0.6 is 0 Å². The van der Waals surface area contributed by atoms with Crippen LogP contribution in [0.15, 0.2) is 24.3 Å². The first-order valence-electron chi connectivity index (χ1n) is 8.68. The summed E-state index contributed by atoms with van der Waals surface area (Å²) >= 11 is 0. The predicted molar refractivity (Wildman–Crippen MR) is 93.0 cm³/mol. The van der Waals surface area contributed by atoms with Gasteiger partial charge in [0, 0.05) is 6.54 Å². The molecule has 1 aliphatic heterocycles. The summed E-state index contributed by atoms with van der Waals surface area (Å²) in [5.74, 6) is -0.679. The Kier molecular flexibility index (Phi) is 4.75. The van der Waals surface area contributed by atoms with Gasteiger partial charge in [-0.2, -0.15) is 0 Å². The van der Waals surface area contributed by atoms with Crippen LogP contribution in [-0.4, -0.2) is 29.2 Å². The van der Waals surface area contributed by atoms with Gasteiger partial charge in [0.15, 0.2) is 0 Å². The van der Waals surface area contributed by atoms with Crippen LogP contribution in [0.5, 0.6) is 5.75 Å². The molecular formula is C20H23NO4. The summed E-state index contributed by atoms with van der Waals surface area (Å²) in [6.07, 6.45) is 5.13. The zero-order valence-electron chi connectivity index (χ0n) is 14.9. The lowest BCUT2D eigenvalue weighted by atomic mass is 9.85. The van der Waals surface area contributed by atoms with Crippen LogP contribution in [0.2, 0.25) is 0 Å². The molecule has 2 amide bonds. The number of ether oxygens (including phenoxy) is 1. The van der Waals surface area contributed by atoms with Crippen molar-refractivity contribution in [3.8, 4) is 5.75 Å². The number of hydrogen-bond donors (Lipinski definition) is 0. The number of rotatable bonds is 4. The van der Waals surface area contributed by atoms with Crippen molar-refractivity contribution in [2.75, 3.05) is 6.54 Å². The Hall–Kier alpha value is -2.43. The van der Waals surface area contributed by atoms with Gasteiger partial charge in [-0.05, 0) is 50.3 Å². The number of allylic oxidation sites excluding steroid dienone is 2. The van der Waals surface area contributed by atoms with E-state index < -0.39 is 5.97 Å². The molecule has 1 aromatic rings. The van der Waals surface area contributed by atoms with Gasteiger partial charge in [-0.3, -0.25) is 19.3 Å². The molecule has 0 spiro atoms. The van der Waals surface area contributed by atoms with E-state index in [1.165, 1.54) is 4.90 Å². The first-order chi connectivity index (χ1) is 11.9. The van der Waals surface area contributed by atoms with Crippen LogP contribution in [0.3, 0.4) is 0 Å². The highest BCUT2D eigenvalue weighted by atomic mass is 16.5. The highest BCUT2D eigenvalue weighted by Crippen LogP contribution is 2.35. The molecule has 5 nitrogen and oxygen atoms in total. The molecule has 0 saturated carbocycles. The van der Waals surface area contributed by atoms with Gasteiger partial charge in [-0.1, -0.05) is 24.3 Å². The number of imide groups is 1. The van der Waals surface area contributed by atoms with E-state index in [-0.39, 0.29) is 36.6 Å². The van der Waals surface area contributed by atoms with Gasteiger partial charge in [0.1, 0.15) is 5.75 Å². The molecular weight excluding hydrogens is 318 g/mol. The number of fused-ring (bicyclic) bond motifs is 1. The Balaban J connectivity index is 1.63. The molecule has 1 saturated heterocycles. The molecule has 1 aromatic carbocycles. The molecule has 0 bridgehead atoms. The van der Waals surface area contributed by atoms with Crippen molar-refractivity contribution in [1.29, 1.82) is 0 Å². The number of benzene rings is 1. The monoisotopic (exact) mass is 341 g/mol. The highest BCUT2D eigenvalue weighted by molar-refractivity contribution is 6.05. The van der Waals surface area contributed by atoms with E-state index in [2.05, 4.69) is 0 Å². The number of nitrogens with zero attached hydrogens (tertiary/aromatic N) is 1. The normalized spacial score (nSPS) is 22.3. The summed E-state index contributed by atoms with van der Waals surface area (Å²) in [5, 5.41) is 0. The lowest BCUT2D eigenvalue weighted by Gasteiger charge is -2.15. The lowest BCUT2D eigenvalue weighted by Crippen LogP contribution is -2.33. The maximum Gasteiger partial charge on any atom is 0.313 e. The molecule has 2 atom stereocenters. The first-order valence-corrected chi connectivity index (χ1v) is 8.68. The number of esters is 1. The summed E-state index contributed by atoms with van der Waals surface area (Å²) in [4.78, 5) is 38.3. The fourth-order valence-corrected chi connectivity index (χ4v) is 3.54. The molecule has 5 heteroatoms. The minimum absolute atomic E-state index is 0.0111. The summed E-state index contributed by atoms with van der Waals surface area (Å²) in [6, 6.07) is 3.90. The van der Waals surface area contributed by atoms with Crippen LogP contribution in [0, 0.1) is 32.6 Å². The highest BCUT2D eigenvalue weighted by Gasteiger charge is 2.46. The molecule has 1 aliphatic carbocycles. The van der Waals surface area contributed by atoms with Gasteiger partial charge >= 0.3 is 5.97 Å². The van der Waals surface area contributed by atoms with Crippen molar-refractivity contribution < 1.29 is 19.1 Å². The third kappa shape index (κ3) is 3.23. The number of carbonyl (C=O) groups is 3. The van der Waals surface area contributed by atoms with E-state index >= 15 is 0 Å². The second-order valence-corrected chi connectivity index (χ2v) is 6.86. The number of aryl methyl sites for hydroxylation is 2. The van der Waals surface area contributed by atoms with Crippen LogP contribution < -0.4 is 4.74 Å². The van der Waals surface area contributed by atoms with Gasteiger partial charge in [0.2, 0.25) is 11.8 Å². The van der Waals surface area contributed by atoms with Crippen molar-refractivity contribution in [1.82, 2.24) is 4.90 Å². The van der Waals surface area contributed by atoms with Gasteiger partial charge < -0.3 is 4.74 Å². The van der Waals surface area contributed by atoms with Crippen molar-refractivity contribution >= 4 is 17.8 Å². The van der Waals surface area contributed by atoms with Crippen LogP contribution in [0.4, 0.5) is 0 Å². The molecule has 0 radical (unpaired) electrons. The Bertz CT molecular complexity index is 739. The second kappa shape index (κ2) is 6.82. The number of likely N-dealkylation sites (tertiary alicyclic amines) is 1. The molecule has 0 N–H and O–H groups in total. The van der Waals surface area contributed by atoms with E-state index in [0.29, 0.717) is 18.6 Å². The van der Waals surface area contributed by atoms with E-state index in [1.54, 1.807) is 0 Å². The molecule has 25 heavy (non-hydrogen) atoms. The average molecular weight is 341 g/mol. The maximum atomic E-state index is 12.4. The zero-order valence-corrected chi connectivity index (χ0v) is 14.9. The van der Waals surface area contributed by atoms with Crippen LogP contribution in [-0.2, 0) is 14.4 Å². The quantitative estimate of drug-likeness (QED) is 0.366. The first kappa shape index (κ1) is 17.4. The van der Waals surface area contributed by atoms with E-state index in [1.807, 2.05) is 45.1 Å². The average Bonchev–Trinajstić information content (AvgIpc) is 2.85. The van der Waals surface area contributed by atoms with Crippen molar-refractivity contribution in [3.05, 3.63) is 41.0 Å². The SMILES string of the molecule is Cc1ccc(C)c(OC(=O)CCN2C(=O)C3CC=CCC3C2=O)c1C. The Morgan fingerprint density at radius 2 is 1.60 bits per heavy atom. The molecule has 2 unspecified atom stereocenters. The summed E-state index contributed by atoms with van der Waals surface area (Å²) < 4.78 is 5.51. The predicted octanol–water partition coefficient (Wildman–Crippen LogP) is 2.86. The third-order valence-corrected chi connectivity index (χ3v) is 5.23. The Morgan fingerprint density at radius 1 is 1.04 bits per heavy atom. The fourth-order valence-electron chi connectivity index (χ4n) is 3.54. The summed E-state index contributed by atoms with van der Waals surface area (Å²) in [5.41, 5.74) is 2.87. The van der Waals surface area contributed by atoms with Crippen molar-refractivity contribution in [3.63, 3.8) is 0 Å². The van der Waals surface area contributed by atoms with Crippen LogP contribution in [0.1, 0.15) is 36.0 Å². The smallest absolute Gasteiger partial charge is 0.313 e. The molecule has 132 valence electrons. The topological polar surface area (TPSA) is 63.7 Å². The van der Waals surface area contributed by atoms with Gasteiger partial charge in [0.05, 0.1) is 18.3 Å². The van der Waals surface area contributed by atoms with Crippen molar-refractivity contribution in [2.45, 2.75) is 40.0 Å². The van der Waals surface area contributed by atoms with Gasteiger partial charge in [0.25, 0.3) is 0 Å². The molecule has 0 aromatic heterocycles. The summed E-state index contributed by atoms with van der Waals surface area (Å²) in [7, 11) is 0. The third-order valence-electron chi connectivity index (χ3n) is 5.23. The van der Waals surface area contributed by atoms with Crippen molar-refractivity contribution in [2.24, 2.45) is 11.8 Å². The number of amides is 2. The standard InChI is InChI=1S/C20H23NO4/c1-12-8-9-13(2)18(14(12)3)25-17(22)10-11-21-19(23)15-6-4-5-7-16(15)20(21)24/h4-5,8-9,15-16H,6-7,10-11H2,1-3H3. The summed E-state index contributed by atoms with van der Waals surface area (Å²) in [6.45, 7) is 5.85. The zero-order chi connectivity index (χ0) is 18.1. The van der Waals surface area contributed by atoms with Gasteiger partial charge in [-0.15, -0.1) is 0 Å². The largest absolute Gasteiger partial charge is 0.426 e. The molecule has 2 aliphatic rings. The minimum atomic E-state index is -0.426. The second-order valence-electron chi connectivity index (χ2n) is 6.86. The van der Waals surface area contributed by atoms with E-state index in [0.717, 1.165) is 16.7 Å². The lowest BCUT2D eigenvalue weighted by molar-refractivity contribution is -0.141. The maximum absolute atomic E-state index is 12.4. The Morgan fingerprint density at radius 3 is 2.20 bits per heavy atom. The molecule has 1 heterocycles. The fraction of sp³-hybridized carbons (Fsp3) is 0.450. The molecule has 1 fully saturated rings. The van der Waals surface area contributed by atoms with Gasteiger partial charge in [-0.25, -0.2) is 0 Å². The molecule has 3 rings (SSSR count). The van der Waals surface area contributed by atoms with Crippen LogP contribution in [0.25, 0.3) is 0 Å². The van der Waals surface area contributed by atoms with E-state index in [4.69, 9.17) is 4.74 Å². The Labute approximate surface area is 147 Å². The number of hydrogen-bond acceptors (Lipinski definition) is 4. The minimum Gasteiger partial charge on any atom is -0.426 e.